The number of methoxy groups -OCH3 is 2. The van der Waals surface area contributed by atoms with Crippen LogP contribution in [0.15, 0.2) is 65.6 Å². The van der Waals surface area contributed by atoms with E-state index >= 15 is 0 Å². The van der Waals surface area contributed by atoms with Crippen molar-refractivity contribution in [3.8, 4) is 39.4 Å². The number of nitrogens with zero attached hydrogens (tertiary/aromatic N) is 4. The second kappa shape index (κ2) is 16.3. The first-order chi connectivity index (χ1) is 25.1. The number of carbonyl (C=O) groups is 2. The highest BCUT2D eigenvalue weighted by molar-refractivity contribution is 6.39. The Morgan fingerprint density at radius 1 is 1.02 bits per heavy atom. The van der Waals surface area contributed by atoms with E-state index in [4.69, 9.17) is 32.9 Å². The Hall–Kier alpha value is -4.79. The number of aromatic nitrogens is 4. The minimum absolute atomic E-state index is 0.0823. The van der Waals surface area contributed by atoms with E-state index in [1.165, 1.54) is 16.2 Å². The zero-order valence-corrected chi connectivity index (χ0v) is 30.4. The highest BCUT2D eigenvalue weighted by atomic mass is 35.5. The summed E-state index contributed by atoms with van der Waals surface area (Å²) in [6.07, 6.45) is 2.02. The van der Waals surface area contributed by atoms with E-state index < -0.39 is 12.1 Å². The lowest BCUT2D eigenvalue weighted by Gasteiger charge is -2.15. The maximum Gasteiger partial charge on any atom is 0.308 e. The van der Waals surface area contributed by atoms with Gasteiger partial charge in [-0.2, -0.15) is 5.10 Å². The Bertz CT molecular complexity index is 2190. The SMILES string of the molecule is COC(=O)C[C@@H](O)CNCc1nn2cc(-c3cccc(-c4cccc(-c5ccc(CNC[C@@H]6CCC(=O)N6)c(OC)n5)c4Cl)c3Cl)cc2c(=O)n1C. The number of aliphatic hydroxyl groups is 1. The molecule has 1 fully saturated rings. The van der Waals surface area contributed by atoms with E-state index in [-0.39, 0.29) is 37.0 Å². The summed E-state index contributed by atoms with van der Waals surface area (Å²) < 4.78 is 13.2. The molecule has 0 radical (unpaired) electrons. The molecule has 0 aliphatic carbocycles. The van der Waals surface area contributed by atoms with Crippen LogP contribution in [0.25, 0.3) is 39.0 Å². The van der Waals surface area contributed by atoms with Crippen LogP contribution in [0, 0.1) is 0 Å². The van der Waals surface area contributed by atoms with Crippen molar-refractivity contribution in [2.24, 2.45) is 7.05 Å². The van der Waals surface area contributed by atoms with Crippen LogP contribution in [0.5, 0.6) is 5.88 Å². The van der Waals surface area contributed by atoms with Gasteiger partial charge in [0.2, 0.25) is 11.8 Å². The van der Waals surface area contributed by atoms with Gasteiger partial charge >= 0.3 is 5.97 Å². The van der Waals surface area contributed by atoms with Gasteiger partial charge in [0.05, 0.1) is 49.0 Å². The van der Waals surface area contributed by atoms with Crippen LogP contribution in [0.4, 0.5) is 0 Å². The zero-order chi connectivity index (χ0) is 36.9. The second-order valence-electron chi connectivity index (χ2n) is 12.5. The topological polar surface area (TPSA) is 161 Å². The van der Waals surface area contributed by atoms with Crippen molar-refractivity contribution in [2.45, 2.75) is 44.5 Å². The van der Waals surface area contributed by atoms with E-state index in [1.54, 1.807) is 26.4 Å². The molecule has 15 heteroatoms. The summed E-state index contributed by atoms with van der Waals surface area (Å²) in [7, 11) is 4.46. The fourth-order valence-electron chi connectivity index (χ4n) is 6.22. The average Bonchev–Trinajstić information content (AvgIpc) is 3.76. The zero-order valence-electron chi connectivity index (χ0n) is 28.9. The van der Waals surface area contributed by atoms with Gasteiger partial charge in [0, 0.05) is 78.7 Å². The van der Waals surface area contributed by atoms with Gasteiger partial charge in [0.1, 0.15) is 11.3 Å². The molecule has 0 spiro atoms. The van der Waals surface area contributed by atoms with Crippen molar-refractivity contribution in [2.75, 3.05) is 27.3 Å². The molecular weight excluding hydrogens is 709 g/mol. The predicted octanol–water partition coefficient (Wildman–Crippen LogP) is 4.13. The first-order valence-corrected chi connectivity index (χ1v) is 17.5. The Morgan fingerprint density at radius 3 is 2.42 bits per heavy atom. The molecule has 1 aliphatic heterocycles. The molecular formula is C37H39Cl2N7O6. The van der Waals surface area contributed by atoms with E-state index in [9.17, 15) is 19.5 Å². The minimum Gasteiger partial charge on any atom is -0.481 e. The van der Waals surface area contributed by atoms with Gasteiger partial charge in [-0.15, -0.1) is 0 Å². The summed E-state index contributed by atoms with van der Waals surface area (Å²) in [4.78, 5) is 41.0. The molecule has 0 bridgehead atoms. The van der Waals surface area contributed by atoms with Crippen molar-refractivity contribution < 1.29 is 24.2 Å². The van der Waals surface area contributed by atoms with Crippen LogP contribution in [0.1, 0.15) is 30.7 Å². The number of esters is 1. The molecule has 1 amide bonds. The lowest BCUT2D eigenvalue weighted by atomic mass is 9.97. The summed E-state index contributed by atoms with van der Waals surface area (Å²) in [6.45, 7) is 1.47. The number of benzene rings is 2. The Kier molecular flexibility index (Phi) is 11.6. The summed E-state index contributed by atoms with van der Waals surface area (Å²) in [6, 6.07) is 17.0. The Balaban J connectivity index is 1.23. The monoisotopic (exact) mass is 747 g/mol. The van der Waals surface area contributed by atoms with Crippen LogP contribution in [-0.4, -0.2) is 75.6 Å². The van der Waals surface area contributed by atoms with E-state index in [1.807, 2.05) is 48.5 Å². The van der Waals surface area contributed by atoms with Gasteiger partial charge in [0.15, 0.2) is 0 Å². The third-order valence-corrected chi connectivity index (χ3v) is 9.84. The van der Waals surface area contributed by atoms with Crippen LogP contribution in [0.3, 0.4) is 0 Å². The second-order valence-corrected chi connectivity index (χ2v) is 13.3. The predicted molar refractivity (Wildman–Crippen MR) is 198 cm³/mol. The molecule has 6 rings (SSSR count). The van der Waals surface area contributed by atoms with Crippen molar-refractivity contribution >= 4 is 40.6 Å². The lowest BCUT2D eigenvalue weighted by Crippen LogP contribution is -2.35. The average molecular weight is 749 g/mol. The number of nitrogens with one attached hydrogen (secondary N) is 3. The van der Waals surface area contributed by atoms with Gasteiger partial charge in [-0.05, 0) is 18.6 Å². The molecule has 3 aromatic heterocycles. The van der Waals surface area contributed by atoms with Gasteiger partial charge in [0.25, 0.3) is 5.56 Å². The first-order valence-electron chi connectivity index (χ1n) is 16.7. The summed E-state index contributed by atoms with van der Waals surface area (Å²) in [5, 5.41) is 25.0. The van der Waals surface area contributed by atoms with Gasteiger partial charge in [-0.25, -0.2) is 9.50 Å². The number of carbonyl (C=O) groups excluding carboxylic acids is 2. The number of hydrogen-bond acceptors (Lipinski definition) is 10. The number of hydrogen-bond donors (Lipinski definition) is 4. The molecule has 2 aromatic carbocycles. The minimum atomic E-state index is -0.943. The Morgan fingerprint density at radius 2 is 1.73 bits per heavy atom. The van der Waals surface area contributed by atoms with E-state index in [0.717, 1.165) is 12.0 Å². The van der Waals surface area contributed by atoms with Crippen LogP contribution in [-0.2, 0) is 34.5 Å². The van der Waals surface area contributed by atoms with Crippen molar-refractivity contribution in [3.05, 3.63) is 92.6 Å². The van der Waals surface area contributed by atoms with Crippen LogP contribution >= 0.6 is 23.2 Å². The summed E-state index contributed by atoms with van der Waals surface area (Å²) in [5.41, 5.74) is 5.09. The van der Waals surface area contributed by atoms with Crippen LogP contribution < -0.4 is 26.2 Å². The number of rotatable bonds is 14. The highest BCUT2D eigenvalue weighted by Gasteiger charge is 2.21. The fourth-order valence-corrected chi connectivity index (χ4v) is 6.88. The summed E-state index contributed by atoms with van der Waals surface area (Å²) >= 11 is 14.2. The fraction of sp³-hybridized carbons (Fsp3) is 0.324. The molecule has 5 aromatic rings. The smallest absolute Gasteiger partial charge is 0.308 e. The molecule has 0 saturated carbocycles. The molecule has 1 aliphatic rings. The first kappa shape index (κ1) is 37.0. The molecule has 4 heterocycles. The Labute approximate surface area is 309 Å². The third kappa shape index (κ3) is 7.98. The molecule has 0 unspecified atom stereocenters. The number of amides is 1. The number of pyridine rings is 1. The quantitative estimate of drug-likeness (QED) is 0.122. The number of fused-ring (bicyclic) bond motifs is 1. The lowest BCUT2D eigenvalue weighted by molar-refractivity contribution is -0.142. The molecule has 4 N–H and O–H groups in total. The van der Waals surface area contributed by atoms with Gasteiger partial charge in [-0.1, -0.05) is 65.7 Å². The number of halogens is 2. The van der Waals surface area contributed by atoms with Crippen LogP contribution in [0.2, 0.25) is 10.0 Å². The van der Waals surface area contributed by atoms with Gasteiger partial charge < -0.3 is 30.5 Å². The molecule has 1 saturated heterocycles. The maximum absolute atomic E-state index is 13.3. The maximum atomic E-state index is 13.3. The molecule has 272 valence electrons. The molecule has 52 heavy (non-hydrogen) atoms. The van der Waals surface area contributed by atoms with Gasteiger partial charge in [-0.3, -0.25) is 19.0 Å². The number of ether oxygens (including phenoxy) is 2. The normalized spacial score (nSPS) is 14.8. The summed E-state index contributed by atoms with van der Waals surface area (Å²) in [5.74, 6) is 0.471. The third-order valence-electron chi connectivity index (χ3n) is 9.03. The number of aliphatic hydroxyl groups excluding tert-OH is 1. The van der Waals surface area contributed by atoms with Crippen molar-refractivity contribution in [3.63, 3.8) is 0 Å². The molecule has 2 atom stereocenters. The highest BCUT2D eigenvalue weighted by Crippen LogP contribution is 2.42. The van der Waals surface area contributed by atoms with E-state index in [2.05, 4.69) is 25.8 Å². The largest absolute Gasteiger partial charge is 0.481 e. The van der Waals surface area contributed by atoms with Crippen molar-refractivity contribution in [1.82, 2.24) is 35.1 Å². The standard InChI is InChI=1S/C37H39Cl2N7O6/c1-45-31(19-41-18-24(47)15-33(49)51-2)44-46-20-22(14-30(46)37(45)50)25-6-4-7-26(34(25)38)27-8-5-9-28(35(27)39)29-12-10-21(36(43-29)52-3)16-40-17-23-11-13-32(48)42-23/h4-10,12,14,20,23-24,40-41,47H,11,13,15-19H2,1-3H3,(H,42,48)/t23-,24+/m0/s1. The van der Waals surface area contributed by atoms with E-state index in [0.29, 0.717) is 80.3 Å². The molecule has 13 nitrogen and oxygen atoms in total. The van der Waals surface area contributed by atoms with Crippen molar-refractivity contribution in [1.29, 1.82) is 0 Å².